The van der Waals surface area contributed by atoms with Crippen LogP contribution >= 0.6 is 0 Å². The van der Waals surface area contributed by atoms with Crippen LogP contribution in [0.5, 0.6) is 17.4 Å². The lowest BCUT2D eigenvalue weighted by Gasteiger charge is -2.10. The first-order valence-corrected chi connectivity index (χ1v) is 5.27. The van der Waals surface area contributed by atoms with E-state index in [4.69, 9.17) is 15.2 Å². The second-order valence-electron chi connectivity index (χ2n) is 3.71. The van der Waals surface area contributed by atoms with Crippen LogP contribution in [0.15, 0.2) is 29.3 Å². The number of methoxy groups -OCH3 is 1. The van der Waals surface area contributed by atoms with Gasteiger partial charge in [0.1, 0.15) is 0 Å². The SMILES string of the molecule is COc1c(Oc2ccc(C)cc2N)nc[nH]c1=O. The number of benzene rings is 1. The number of hydrogen-bond donors (Lipinski definition) is 2. The molecule has 0 saturated carbocycles. The van der Waals surface area contributed by atoms with Crippen LogP contribution in [0, 0.1) is 6.92 Å². The van der Waals surface area contributed by atoms with Crippen LogP contribution in [-0.2, 0) is 0 Å². The molecule has 0 radical (unpaired) electrons. The fraction of sp³-hybridized carbons (Fsp3) is 0.167. The van der Waals surface area contributed by atoms with E-state index < -0.39 is 5.56 Å². The zero-order valence-electron chi connectivity index (χ0n) is 10.1. The molecule has 3 N–H and O–H groups in total. The largest absolute Gasteiger partial charge is 0.487 e. The summed E-state index contributed by atoms with van der Waals surface area (Å²) in [4.78, 5) is 17.8. The van der Waals surface area contributed by atoms with Crippen molar-refractivity contribution < 1.29 is 9.47 Å². The molecule has 0 atom stereocenters. The van der Waals surface area contributed by atoms with Gasteiger partial charge < -0.3 is 20.2 Å². The molecule has 18 heavy (non-hydrogen) atoms. The van der Waals surface area contributed by atoms with Gasteiger partial charge in [0.2, 0.25) is 5.75 Å². The lowest BCUT2D eigenvalue weighted by atomic mass is 10.2. The summed E-state index contributed by atoms with van der Waals surface area (Å²) < 4.78 is 10.4. The number of nitrogen functional groups attached to an aromatic ring is 1. The molecule has 1 aromatic heterocycles. The zero-order chi connectivity index (χ0) is 13.1. The molecule has 0 aliphatic heterocycles. The molecule has 2 aromatic rings. The van der Waals surface area contributed by atoms with Crippen molar-refractivity contribution in [2.45, 2.75) is 6.92 Å². The first-order chi connectivity index (χ1) is 8.61. The van der Waals surface area contributed by atoms with E-state index in [1.807, 2.05) is 13.0 Å². The van der Waals surface area contributed by atoms with Crippen LogP contribution < -0.4 is 20.8 Å². The van der Waals surface area contributed by atoms with Crippen molar-refractivity contribution in [1.82, 2.24) is 9.97 Å². The van der Waals surface area contributed by atoms with E-state index in [2.05, 4.69) is 9.97 Å². The molecule has 0 saturated heterocycles. The Morgan fingerprint density at radius 3 is 2.83 bits per heavy atom. The number of nitrogens with two attached hydrogens (primary N) is 1. The van der Waals surface area contributed by atoms with Crippen molar-refractivity contribution in [3.63, 3.8) is 0 Å². The smallest absolute Gasteiger partial charge is 0.297 e. The summed E-state index contributed by atoms with van der Waals surface area (Å²) in [6.07, 6.45) is 1.24. The van der Waals surface area contributed by atoms with Crippen molar-refractivity contribution in [2.75, 3.05) is 12.8 Å². The van der Waals surface area contributed by atoms with E-state index in [1.54, 1.807) is 12.1 Å². The minimum absolute atomic E-state index is 0.0116. The van der Waals surface area contributed by atoms with Crippen LogP contribution in [0.1, 0.15) is 5.56 Å². The summed E-state index contributed by atoms with van der Waals surface area (Å²) in [6, 6.07) is 5.34. The van der Waals surface area contributed by atoms with Gasteiger partial charge in [-0.1, -0.05) is 6.07 Å². The highest BCUT2D eigenvalue weighted by atomic mass is 16.5. The molecule has 0 aliphatic carbocycles. The lowest BCUT2D eigenvalue weighted by molar-refractivity contribution is 0.363. The molecule has 1 aromatic carbocycles. The number of rotatable bonds is 3. The minimum Gasteiger partial charge on any atom is -0.487 e. The second-order valence-corrected chi connectivity index (χ2v) is 3.71. The summed E-state index contributed by atoms with van der Waals surface area (Å²) >= 11 is 0. The number of anilines is 1. The van der Waals surface area contributed by atoms with Gasteiger partial charge in [0.05, 0.1) is 19.1 Å². The predicted molar refractivity (Wildman–Crippen MR) is 67.1 cm³/mol. The third-order valence-electron chi connectivity index (χ3n) is 2.35. The third-order valence-corrected chi connectivity index (χ3v) is 2.35. The van der Waals surface area contributed by atoms with Gasteiger partial charge in [-0.3, -0.25) is 4.79 Å². The molecule has 0 amide bonds. The molecule has 0 spiro atoms. The van der Waals surface area contributed by atoms with E-state index in [1.165, 1.54) is 13.4 Å². The Morgan fingerprint density at radius 2 is 2.17 bits per heavy atom. The normalized spacial score (nSPS) is 10.1. The van der Waals surface area contributed by atoms with Crippen LogP contribution in [0.3, 0.4) is 0 Å². The fourth-order valence-corrected chi connectivity index (χ4v) is 1.49. The molecular weight excluding hydrogens is 234 g/mol. The fourth-order valence-electron chi connectivity index (χ4n) is 1.49. The van der Waals surface area contributed by atoms with E-state index in [9.17, 15) is 4.79 Å². The number of aryl methyl sites for hydroxylation is 1. The van der Waals surface area contributed by atoms with Crippen molar-refractivity contribution in [2.24, 2.45) is 0 Å². The molecule has 2 rings (SSSR count). The molecule has 94 valence electrons. The molecule has 0 fully saturated rings. The minimum atomic E-state index is -0.409. The zero-order valence-corrected chi connectivity index (χ0v) is 10.1. The number of aromatic nitrogens is 2. The standard InChI is InChI=1S/C12H13N3O3/c1-7-3-4-9(8(13)5-7)18-12-10(17-2)11(16)14-6-15-12/h3-6H,13H2,1-2H3,(H,14,15,16). The van der Waals surface area contributed by atoms with Crippen LogP contribution in [0.4, 0.5) is 5.69 Å². The van der Waals surface area contributed by atoms with Gasteiger partial charge in [0.25, 0.3) is 11.4 Å². The van der Waals surface area contributed by atoms with Gasteiger partial charge in [-0.2, -0.15) is 0 Å². The Bertz CT molecular complexity index is 622. The van der Waals surface area contributed by atoms with Gasteiger partial charge in [-0.15, -0.1) is 0 Å². The van der Waals surface area contributed by atoms with Gasteiger partial charge in [-0.25, -0.2) is 4.98 Å². The second kappa shape index (κ2) is 4.79. The highest BCUT2D eigenvalue weighted by molar-refractivity contribution is 5.55. The first-order valence-electron chi connectivity index (χ1n) is 5.27. The summed E-state index contributed by atoms with van der Waals surface area (Å²) in [5, 5.41) is 0. The molecular formula is C12H13N3O3. The Balaban J connectivity index is 2.40. The van der Waals surface area contributed by atoms with Gasteiger partial charge in [-0.05, 0) is 24.6 Å². The van der Waals surface area contributed by atoms with Crippen LogP contribution in [-0.4, -0.2) is 17.1 Å². The van der Waals surface area contributed by atoms with Crippen molar-refractivity contribution in [3.8, 4) is 17.4 Å². The maximum absolute atomic E-state index is 11.5. The van der Waals surface area contributed by atoms with E-state index >= 15 is 0 Å². The van der Waals surface area contributed by atoms with Crippen molar-refractivity contribution >= 4 is 5.69 Å². The van der Waals surface area contributed by atoms with E-state index in [-0.39, 0.29) is 11.6 Å². The topological polar surface area (TPSA) is 90.2 Å². The van der Waals surface area contributed by atoms with E-state index in [0.717, 1.165) is 5.56 Å². The number of nitrogens with one attached hydrogen (secondary N) is 1. The quantitative estimate of drug-likeness (QED) is 0.801. The molecule has 0 bridgehead atoms. The molecule has 0 unspecified atom stereocenters. The van der Waals surface area contributed by atoms with Crippen LogP contribution in [0.2, 0.25) is 0 Å². The number of hydrogen-bond acceptors (Lipinski definition) is 5. The third kappa shape index (κ3) is 2.27. The predicted octanol–water partition coefficient (Wildman–Crippen LogP) is 1.46. The highest BCUT2D eigenvalue weighted by Crippen LogP contribution is 2.30. The van der Waals surface area contributed by atoms with Crippen molar-refractivity contribution in [3.05, 3.63) is 40.4 Å². The van der Waals surface area contributed by atoms with Gasteiger partial charge >= 0.3 is 0 Å². The van der Waals surface area contributed by atoms with Crippen LogP contribution in [0.25, 0.3) is 0 Å². The Labute approximate surface area is 103 Å². The average Bonchev–Trinajstić information content (AvgIpc) is 2.33. The Hall–Kier alpha value is -2.50. The molecule has 6 heteroatoms. The molecule has 1 heterocycles. The summed E-state index contributed by atoms with van der Waals surface area (Å²) in [6.45, 7) is 1.92. The summed E-state index contributed by atoms with van der Waals surface area (Å²) in [5.41, 5.74) is 6.90. The Kier molecular flexibility index (Phi) is 3.18. The lowest BCUT2D eigenvalue weighted by Crippen LogP contribution is -2.11. The number of ether oxygens (including phenoxy) is 2. The Morgan fingerprint density at radius 1 is 1.39 bits per heavy atom. The monoisotopic (exact) mass is 247 g/mol. The maximum Gasteiger partial charge on any atom is 0.297 e. The average molecular weight is 247 g/mol. The molecule has 6 nitrogen and oxygen atoms in total. The van der Waals surface area contributed by atoms with Crippen molar-refractivity contribution in [1.29, 1.82) is 0 Å². The van der Waals surface area contributed by atoms with Gasteiger partial charge in [0.15, 0.2) is 5.75 Å². The molecule has 0 aliphatic rings. The number of aromatic amines is 1. The maximum atomic E-state index is 11.5. The summed E-state index contributed by atoms with van der Waals surface area (Å²) in [7, 11) is 1.37. The van der Waals surface area contributed by atoms with E-state index in [0.29, 0.717) is 11.4 Å². The number of nitrogens with zero attached hydrogens (tertiary/aromatic N) is 1. The van der Waals surface area contributed by atoms with Gasteiger partial charge in [0, 0.05) is 0 Å². The highest BCUT2D eigenvalue weighted by Gasteiger charge is 2.12. The number of H-pyrrole nitrogens is 1. The first kappa shape index (κ1) is 12.0. The summed E-state index contributed by atoms with van der Waals surface area (Å²) in [5.74, 6) is 0.520.